The van der Waals surface area contributed by atoms with Crippen LogP contribution in [-0.4, -0.2) is 17.3 Å². The Morgan fingerprint density at radius 3 is 2.13 bits per heavy atom. The van der Waals surface area contributed by atoms with Crippen LogP contribution in [0.4, 0.5) is 0 Å². The van der Waals surface area contributed by atoms with Crippen molar-refractivity contribution in [3.05, 3.63) is 0 Å². The van der Waals surface area contributed by atoms with Crippen LogP contribution in [0, 0.1) is 11.3 Å². The summed E-state index contributed by atoms with van der Waals surface area (Å²) >= 11 is 4.03. The molecule has 1 atom stereocenters. The minimum atomic E-state index is -0.923. The van der Waals surface area contributed by atoms with E-state index in [1.54, 1.807) is 0 Å². The Labute approximate surface area is 95.6 Å². The molecule has 0 aromatic rings. The Morgan fingerprint density at radius 1 is 1.33 bits per heavy atom. The van der Waals surface area contributed by atoms with Crippen molar-refractivity contribution in [1.82, 2.24) is 10.6 Å². The Morgan fingerprint density at radius 2 is 1.80 bits per heavy atom. The maximum atomic E-state index is 11.9. The lowest BCUT2D eigenvalue weighted by Gasteiger charge is -2.40. The molecule has 0 saturated carbocycles. The van der Waals surface area contributed by atoms with Gasteiger partial charge in [0.25, 0.3) is 0 Å². The van der Waals surface area contributed by atoms with Crippen molar-refractivity contribution < 1.29 is 9.59 Å². The number of amides is 2. The second kappa shape index (κ2) is 4.43. The minimum Gasteiger partial charge on any atom is -0.327 e. The monoisotopic (exact) mass is 230 g/mol. The number of nitrogens with one attached hydrogen (secondary N) is 2. The molecule has 1 heterocycles. The van der Waals surface area contributed by atoms with Gasteiger partial charge in [0, 0.05) is 0 Å². The molecule has 4 nitrogen and oxygen atoms in total. The quantitative estimate of drug-likeness (QED) is 0.498. The summed E-state index contributed by atoms with van der Waals surface area (Å²) in [5, 5.41) is 5.32. The molecule has 0 radical (unpaired) electrons. The van der Waals surface area contributed by atoms with Crippen molar-refractivity contribution in [2.45, 2.75) is 39.1 Å². The van der Waals surface area contributed by atoms with E-state index in [0.717, 1.165) is 6.42 Å². The maximum Gasteiger partial charge on any atom is 0.238 e. The van der Waals surface area contributed by atoms with Crippen LogP contribution in [0.25, 0.3) is 0 Å². The fourth-order valence-electron chi connectivity index (χ4n) is 2.11. The van der Waals surface area contributed by atoms with Crippen molar-refractivity contribution in [3.63, 3.8) is 0 Å². The third-order valence-corrected chi connectivity index (χ3v) is 3.62. The Kier molecular flexibility index (Phi) is 3.65. The molecule has 86 valence electrons. The first-order valence-corrected chi connectivity index (χ1v) is 5.80. The summed E-state index contributed by atoms with van der Waals surface area (Å²) in [6.45, 7) is 5.78. The lowest BCUT2D eigenvalue weighted by Crippen LogP contribution is -2.65. The van der Waals surface area contributed by atoms with Crippen molar-refractivity contribution in [2.75, 3.05) is 0 Å². The largest absolute Gasteiger partial charge is 0.327 e. The molecule has 2 N–H and O–H groups in total. The average molecular weight is 230 g/mol. The van der Waals surface area contributed by atoms with Crippen LogP contribution < -0.4 is 10.6 Å². The normalized spacial score (nSPS) is 33.2. The van der Waals surface area contributed by atoms with Crippen molar-refractivity contribution >= 4 is 24.4 Å². The molecule has 1 saturated heterocycles. The summed E-state index contributed by atoms with van der Waals surface area (Å²) in [7, 11) is 0. The van der Waals surface area contributed by atoms with Gasteiger partial charge >= 0.3 is 0 Å². The van der Waals surface area contributed by atoms with E-state index in [9.17, 15) is 9.59 Å². The van der Waals surface area contributed by atoms with E-state index in [1.807, 2.05) is 20.8 Å². The summed E-state index contributed by atoms with van der Waals surface area (Å²) in [6.07, 6.45) is 1.31. The van der Waals surface area contributed by atoms with Crippen LogP contribution in [-0.2, 0) is 9.59 Å². The van der Waals surface area contributed by atoms with Crippen molar-refractivity contribution in [1.29, 1.82) is 0 Å². The fraction of sp³-hybridized carbons (Fsp3) is 0.800. The first-order chi connectivity index (χ1) is 6.98. The highest BCUT2D eigenvalue weighted by atomic mass is 32.1. The molecule has 1 fully saturated rings. The van der Waals surface area contributed by atoms with Crippen LogP contribution in [0.15, 0.2) is 0 Å². The van der Waals surface area contributed by atoms with Gasteiger partial charge in [-0.05, 0) is 12.3 Å². The van der Waals surface area contributed by atoms with Crippen molar-refractivity contribution in [2.24, 2.45) is 11.3 Å². The molecule has 1 aliphatic heterocycles. The summed E-state index contributed by atoms with van der Waals surface area (Å²) in [4.78, 5) is 23.9. The van der Waals surface area contributed by atoms with Crippen LogP contribution in [0.5, 0.6) is 0 Å². The van der Waals surface area contributed by atoms with Gasteiger partial charge in [0.2, 0.25) is 11.8 Å². The van der Waals surface area contributed by atoms with Gasteiger partial charge < -0.3 is 10.6 Å². The third-order valence-electron chi connectivity index (χ3n) is 3.36. The average Bonchev–Trinajstić information content (AvgIpc) is 2.17. The molecule has 1 unspecified atom stereocenters. The Bertz CT molecular complexity index is 263. The smallest absolute Gasteiger partial charge is 0.238 e. The van der Waals surface area contributed by atoms with Crippen molar-refractivity contribution in [3.8, 4) is 0 Å². The van der Waals surface area contributed by atoms with Gasteiger partial charge in [-0.15, -0.1) is 12.6 Å². The summed E-state index contributed by atoms with van der Waals surface area (Å²) in [5.41, 5.74) is -1.48. The van der Waals surface area contributed by atoms with E-state index in [4.69, 9.17) is 0 Å². The van der Waals surface area contributed by atoms with Crippen LogP contribution >= 0.6 is 12.6 Å². The van der Waals surface area contributed by atoms with Gasteiger partial charge in [0.1, 0.15) is 10.9 Å². The van der Waals surface area contributed by atoms with Gasteiger partial charge in [-0.3, -0.25) is 9.59 Å². The standard InChI is InChI=1S/C10H18N2O2S/c1-4-6(3)10(5-2)7(13)11-9(15)12-8(10)14/h6,9,15H,4-5H2,1-3H3,(H,11,13)(H,12,14). The van der Waals surface area contributed by atoms with Gasteiger partial charge in [-0.25, -0.2) is 0 Å². The predicted octanol–water partition coefficient (Wildman–Crippen LogP) is 0.888. The lowest BCUT2D eigenvalue weighted by atomic mass is 9.70. The molecule has 5 heteroatoms. The zero-order valence-electron chi connectivity index (χ0n) is 9.33. The van der Waals surface area contributed by atoms with Gasteiger partial charge in [-0.2, -0.15) is 0 Å². The number of carbonyl (C=O) groups is 2. The van der Waals surface area contributed by atoms with E-state index in [2.05, 4.69) is 23.3 Å². The second-order valence-corrected chi connectivity index (χ2v) is 4.50. The van der Waals surface area contributed by atoms with Crippen LogP contribution in [0.1, 0.15) is 33.6 Å². The zero-order valence-corrected chi connectivity index (χ0v) is 10.2. The first-order valence-electron chi connectivity index (χ1n) is 5.29. The predicted molar refractivity (Wildman–Crippen MR) is 61.2 cm³/mol. The zero-order chi connectivity index (χ0) is 11.6. The topological polar surface area (TPSA) is 58.2 Å². The Hall–Kier alpha value is -0.710. The number of hydrogen-bond acceptors (Lipinski definition) is 3. The first kappa shape index (κ1) is 12.4. The molecule has 0 aromatic heterocycles. The molecule has 15 heavy (non-hydrogen) atoms. The van der Waals surface area contributed by atoms with Gasteiger partial charge in [-0.1, -0.05) is 27.2 Å². The van der Waals surface area contributed by atoms with E-state index in [-0.39, 0.29) is 17.7 Å². The summed E-state index contributed by atoms with van der Waals surface area (Å²) in [5.74, 6) is -0.380. The van der Waals surface area contributed by atoms with E-state index < -0.39 is 10.9 Å². The number of carbonyl (C=O) groups excluding carboxylic acids is 2. The van der Waals surface area contributed by atoms with E-state index in [0.29, 0.717) is 6.42 Å². The summed E-state index contributed by atoms with van der Waals surface area (Å²) in [6, 6.07) is 0. The van der Waals surface area contributed by atoms with Crippen LogP contribution in [0.2, 0.25) is 0 Å². The lowest BCUT2D eigenvalue weighted by molar-refractivity contribution is -0.152. The van der Waals surface area contributed by atoms with Crippen LogP contribution in [0.3, 0.4) is 0 Å². The van der Waals surface area contributed by atoms with E-state index >= 15 is 0 Å². The van der Waals surface area contributed by atoms with E-state index in [1.165, 1.54) is 0 Å². The SMILES string of the molecule is CCC(C)C1(CC)C(=O)NC(S)NC1=O. The Balaban J connectivity index is 3.05. The molecule has 1 aliphatic rings. The molecule has 0 aliphatic carbocycles. The highest BCUT2D eigenvalue weighted by Crippen LogP contribution is 2.36. The molecule has 0 bridgehead atoms. The third kappa shape index (κ3) is 1.85. The minimum absolute atomic E-state index is 0.0309. The molecular weight excluding hydrogens is 212 g/mol. The second-order valence-electron chi connectivity index (χ2n) is 3.98. The number of rotatable bonds is 3. The maximum absolute atomic E-state index is 11.9. The highest BCUT2D eigenvalue weighted by molar-refractivity contribution is 7.80. The molecule has 0 spiro atoms. The summed E-state index contributed by atoms with van der Waals surface area (Å²) < 4.78 is 0. The molecular formula is C10H18N2O2S. The number of thiol groups is 1. The number of hydrogen-bond donors (Lipinski definition) is 3. The van der Waals surface area contributed by atoms with Gasteiger partial charge in [0.15, 0.2) is 0 Å². The molecule has 2 amide bonds. The van der Waals surface area contributed by atoms with Gasteiger partial charge in [0.05, 0.1) is 0 Å². The fourth-order valence-corrected chi connectivity index (χ4v) is 2.35. The molecule has 0 aromatic carbocycles. The highest BCUT2D eigenvalue weighted by Gasteiger charge is 2.51. The molecule has 1 rings (SSSR count).